The molecule has 1 heterocycles. The van der Waals surface area contributed by atoms with E-state index >= 15 is 0 Å². The molecule has 4 nitrogen and oxygen atoms in total. The SMILES string of the molecule is Cc1ccc(F)cc1-c1cnc(N)c(OCC(F)(F)F)n1. The van der Waals surface area contributed by atoms with Crippen LogP contribution in [0, 0.1) is 12.7 Å². The smallest absolute Gasteiger partial charge is 0.422 e. The number of hydrogen-bond donors (Lipinski definition) is 1. The van der Waals surface area contributed by atoms with E-state index in [1.807, 2.05) is 0 Å². The zero-order valence-corrected chi connectivity index (χ0v) is 10.9. The predicted octanol–water partition coefficient (Wildman–Crippen LogP) is 3.11. The summed E-state index contributed by atoms with van der Waals surface area (Å²) in [6.45, 7) is 0.181. The average Bonchev–Trinajstić information content (AvgIpc) is 2.40. The summed E-state index contributed by atoms with van der Waals surface area (Å²) in [4.78, 5) is 7.60. The first-order valence-electron chi connectivity index (χ1n) is 5.85. The molecule has 0 amide bonds. The summed E-state index contributed by atoms with van der Waals surface area (Å²) >= 11 is 0. The summed E-state index contributed by atoms with van der Waals surface area (Å²) in [7, 11) is 0. The van der Waals surface area contributed by atoms with Crippen molar-refractivity contribution < 1.29 is 22.3 Å². The van der Waals surface area contributed by atoms with E-state index in [4.69, 9.17) is 5.73 Å². The lowest BCUT2D eigenvalue weighted by molar-refractivity contribution is -0.153. The molecule has 8 heteroatoms. The van der Waals surface area contributed by atoms with Crippen LogP contribution in [0.5, 0.6) is 5.88 Å². The van der Waals surface area contributed by atoms with E-state index in [9.17, 15) is 17.6 Å². The number of rotatable bonds is 3. The lowest BCUT2D eigenvalue weighted by Crippen LogP contribution is -2.20. The van der Waals surface area contributed by atoms with Crippen LogP contribution in [0.25, 0.3) is 11.3 Å². The molecule has 21 heavy (non-hydrogen) atoms. The molecule has 0 aliphatic rings. The van der Waals surface area contributed by atoms with Crippen LogP contribution in [0.3, 0.4) is 0 Å². The molecule has 0 aliphatic carbocycles. The number of hydrogen-bond acceptors (Lipinski definition) is 4. The third-order valence-corrected chi connectivity index (χ3v) is 2.62. The van der Waals surface area contributed by atoms with Crippen molar-refractivity contribution >= 4 is 5.82 Å². The Balaban J connectivity index is 2.36. The molecule has 0 saturated heterocycles. The Labute approximate surface area is 117 Å². The molecule has 0 radical (unpaired) electrons. The maximum atomic E-state index is 13.3. The fourth-order valence-electron chi connectivity index (χ4n) is 1.64. The van der Waals surface area contributed by atoms with E-state index in [0.29, 0.717) is 11.1 Å². The third kappa shape index (κ3) is 3.80. The summed E-state index contributed by atoms with van der Waals surface area (Å²) in [5.41, 5.74) is 6.70. The van der Waals surface area contributed by atoms with Gasteiger partial charge in [0.25, 0.3) is 5.88 Å². The maximum Gasteiger partial charge on any atom is 0.422 e. The van der Waals surface area contributed by atoms with Crippen molar-refractivity contribution in [1.29, 1.82) is 0 Å². The largest absolute Gasteiger partial charge is 0.465 e. The van der Waals surface area contributed by atoms with Crippen LogP contribution in [0.2, 0.25) is 0 Å². The van der Waals surface area contributed by atoms with Crippen LogP contribution in [0.4, 0.5) is 23.4 Å². The Kier molecular flexibility index (Phi) is 3.97. The molecule has 2 aromatic rings. The number of aryl methyl sites for hydroxylation is 1. The minimum absolute atomic E-state index is 0.179. The fourth-order valence-corrected chi connectivity index (χ4v) is 1.64. The second-order valence-corrected chi connectivity index (χ2v) is 4.31. The second-order valence-electron chi connectivity index (χ2n) is 4.31. The lowest BCUT2D eigenvalue weighted by Gasteiger charge is -2.11. The summed E-state index contributed by atoms with van der Waals surface area (Å²) in [6.07, 6.45) is -3.27. The third-order valence-electron chi connectivity index (χ3n) is 2.62. The quantitative estimate of drug-likeness (QED) is 0.885. The van der Waals surface area contributed by atoms with Crippen LogP contribution >= 0.6 is 0 Å². The highest BCUT2D eigenvalue weighted by atomic mass is 19.4. The Morgan fingerprint density at radius 1 is 1.29 bits per heavy atom. The van der Waals surface area contributed by atoms with Gasteiger partial charge in [-0.3, -0.25) is 0 Å². The number of anilines is 1. The first-order valence-corrected chi connectivity index (χ1v) is 5.85. The number of benzene rings is 1. The minimum Gasteiger partial charge on any atom is -0.465 e. The molecule has 0 unspecified atom stereocenters. The van der Waals surface area contributed by atoms with Gasteiger partial charge in [-0.05, 0) is 24.6 Å². The zero-order valence-electron chi connectivity index (χ0n) is 10.9. The molecule has 0 aliphatic heterocycles. The maximum absolute atomic E-state index is 13.3. The van der Waals surface area contributed by atoms with Crippen molar-refractivity contribution in [3.05, 3.63) is 35.8 Å². The van der Waals surface area contributed by atoms with Crippen molar-refractivity contribution in [3.8, 4) is 17.1 Å². The molecule has 1 aromatic heterocycles. The molecule has 1 aromatic carbocycles. The molecule has 0 atom stereocenters. The van der Waals surface area contributed by atoms with Gasteiger partial charge in [-0.2, -0.15) is 13.2 Å². The Morgan fingerprint density at radius 3 is 2.67 bits per heavy atom. The highest BCUT2D eigenvalue weighted by Gasteiger charge is 2.29. The monoisotopic (exact) mass is 301 g/mol. The number of nitrogens with two attached hydrogens (primary N) is 1. The lowest BCUT2D eigenvalue weighted by atomic mass is 10.1. The van der Waals surface area contributed by atoms with Gasteiger partial charge in [-0.15, -0.1) is 0 Å². The van der Waals surface area contributed by atoms with Crippen molar-refractivity contribution in [1.82, 2.24) is 9.97 Å². The molecule has 2 rings (SSSR count). The average molecular weight is 301 g/mol. The number of aromatic nitrogens is 2. The molecule has 0 bridgehead atoms. The number of halogens is 4. The number of nitrogens with zero attached hydrogens (tertiary/aromatic N) is 2. The van der Waals surface area contributed by atoms with E-state index < -0.39 is 24.5 Å². The van der Waals surface area contributed by atoms with Gasteiger partial charge in [-0.25, -0.2) is 14.4 Å². The van der Waals surface area contributed by atoms with Crippen molar-refractivity contribution in [2.75, 3.05) is 12.3 Å². The van der Waals surface area contributed by atoms with Crippen LogP contribution in [0.15, 0.2) is 24.4 Å². The van der Waals surface area contributed by atoms with Crippen molar-refractivity contribution in [2.45, 2.75) is 13.1 Å². The molecular formula is C13H11F4N3O. The van der Waals surface area contributed by atoms with Crippen LogP contribution < -0.4 is 10.5 Å². The van der Waals surface area contributed by atoms with Gasteiger partial charge >= 0.3 is 6.18 Å². The molecule has 0 fully saturated rings. The normalized spacial score (nSPS) is 11.5. The Morgan fingerprint density at radius 2 is 2.00 bits per heavy atom. The highest BCUT2D eigenvalue weighted by Crippen LogP contribution is 2.27. The first kappa shape index (κ1) is 15.0. The minimum atomic E-state index is -4.51. The van der Waals surface area contributed by atoms with Gasteiger partial charge < -0.3 is 10.5 Å². The summed E-state index contributed by atoms with van der Waals surface area (Å²) in [5.74, 6) is -1.20. The van der Waals surface area contributed by atoms with E-state index in [0.717, 1.165) is 0 Å². The number of alkyl halides is 3. The molecule has 112 valence electrons. The van der Waals surface area contributed by atoms with E-state index in [1.54, 1.807) is 6.92 Å². The highest BCUT2D eigenvalue weighted by molar-refractivity contribution is 5.64. The molecular weight excluding hydrogens is 290 g/mol. The van der Waals surface area contributed by atoms with Crippen LogP contribution in [-0.2, 0) is 0 Å². The molecule has 2 N–H and O–H groups in total. The standard InChI is InChI=1S/C13H11F4N3O/c1-7-2-3-8(14)4-9(7)10-5-19-11(18)12(20-10)21-6-13(15,16)17/h2-5H,6H2,1H3,(H2,18,19). The van der Waals surface area contributed by atoms with Crippen molar-refractivity contribution in [2.24, 2.45) is 0 Å². The zero-order chi connectivity index (χ0) is 15.6. The summed E-state index contributed by atoms with van der Waals surface area (Å²) in [5, 5.41) is 0. The second kappa shape index (κ2) is 5.55. The van der Waals surface area contributed by atoms with Gasteiger partial charge in [0.05, 0.1) is 11.9 Å². The Hall–Kier alpha value is -2.38. The molecule has 0 spiro atoms. The topological polar surface area (TPSA) is 61.0 Å². The van der Waals surface area contributed by atoms with E-state index in [2.05, 4.69) is 14.7 Å². The number of nitrogen functional groups attached to an aromatic ring is 1. The fraction of sp³-hybridized carbons (Fsp3) is 0.231. The summed E-state index contributed by atoms with van der Waals surface area (Å²) < 4.78 is 54.2. The molecule has 0 saturated carbocycles. The van der Waals surface area contributed by atoms with Gasteiger partial charge in [0.2, 0.25) is 0 Å². The van der Waals surface area contributed by atoms with Crippen molar-refractivity contribution in [3.63, 3.8) is 0 Å². The Bertz CT molecular complexity index is 658. The predicted molar refractivity (Wildman–Crippen MR) is 68.1 cm³/mol. The van der Waals surface area contributed by atoms with Gasteiger partial charge in [0.15, 0.2) is 12.4 Å². The van der Waals surface area contributed by atoms with E-state index in [-0.39, 0.29) is 11.5 Å². The van der Waals surface area contributed by atoms with E-state index in [1.165, 1.54) is 24.4 Å². The van der Waals surface area contributed by atoms with Gasteiger partial charge in [0, 0.05) is 5.56 Å². The number of ether oxygens (including phenoxy) is 1. The van der Waals surface area contributed by atoms with Crippen LogP contribution in [-0.4, -0.2) is 22.8 Å². The first-order chi connectivity index (χ1) is 9.76. The van der Waals surface area contributed by atoms with Gasteiger partial charge in [0.1, 0.15) is 5.82 Å². The summed E-state index contributed by atoms with van der Waals surface area (Å²) in [6, 6.07) is 4.01. The van der Waals surface area contributed by atoms with Gasteiger partial charge in [-0.1, -0.05) is 6.07 Å². The van der Waals surface area contributed by atoms with Crippen LogP contribution in [0.1, 0.15) is 5.56 Å².